The summed E-state index contributed by atoms with van der Waals surface area (Å²) in [5, 5.41) is 3.24. The number of halogens is 2. The van der Waals surface area contributed by atoms with Crippen molar-refractivity contribution in [1.29, 1.82) is 0 Å². The Kier molecular flexibility index (Phi) is 4.89. The maximum absolute atomic E-state index is 13.5. The molecule has 2 atom stereocenters. The average Bonchev–Trinajstić information content (AvgIpc) is 3.27. The number of nitrogens with two attached hydrogens (primary N) is 1. The van der Waals surface area contributed by atoms with E-state index in [2.05, 4.69) is 5.32 Å². The lowest BCUT2D eigenvalue weighted by molar-refractivity contribution is -0.129. The summed E-state index contributed by atoms with van der Waals surface area (Å²) in [4.78, 5) is 12.8. The van der Waals surface area contributed by atoms with Gasteiger partial charge in [-0.1, -0.05) is 18.6 Å². The molecule has 0 spiro atoms. The highest BCUT2D eigenvalue weighted by Gasteiger charge is 2.48. The number of carbonyl (C=O) groups is 1. The molecular formula is C19H26ClFN2O. The predicted molar refractivity (Wildman–Crippen MR) is 94.2 cm³/mol. The van der Waals surface area contributed by atoms with Crippen LogP contribution in [0.4, 0.5) is 4.39 Å². The zero-order valence-corrected chi connectivity index (χ0v) is 14.7. The second-order valence-corrected chi connectivity index (χ2v) is 7.78. The number of hydrogen-bond acceptors (Lipinski definition) is 2. The standard InChI is InChI=1S/C19H25FN2O.ClH/c20-16-6-2-5-15(11-16)19(7-8-19)22-18(23)14-9-12-3-1-4-13(10-14)17(12)21;/h2,5-6,11-14,17H,1,3-4,7-10,21H2,(H,22,23);1H. The van der Waals surface area contributed by atoms with Gasteiger partial charge < -0.3 is 11.1 Å². The first-order valence-corrected chi connectivity index (χ1v) is 8.91. The Balaban J connectivity index is 0.00000169. The van der Waals surface area contributed by atoms with Crippen molar-refractivity contribution in [3.05, 3.63) is 35.6 Å². The highest BCUT2D eigenvalue weighted by Crippen LogP contribution is 2.47. The molecule has 2 unspecified atom stereocenters. The monoisotopic (exact) mass is 352 g/mol. The lowest BCUT2D eigenvalue weighted by Gasteiger charge is -2.43. The van der Waals surface area contributed by atoms with Crippen LogP contribution < -0.4 is 11.1 Å². The second-order valence-electron chi connectivity index (χ2n) is 7.78. The van der Waals surface area contributed by atoms with E-state index >= 15 is 0 Å². The van der Waals surface area contributed by atoms with E-state index in [0.29, 0.717) is 11.8 Å². The predicted octanol–water partition coefficient (Wildman–Crippen LogP) is 3.51. The first-order chi connectivity index (χ1) is 11.1. The van der Waals surface area contributed by atoms with E-state index < -0.39 is 0 Å². The van der Waals surface area contributed by atoms with Gasteiger partial charge in [-0.3, -0.25) is 4.79 Å². The number of hydrogen-bond donors (Lipinski definition) is 2. The van der Waals surface area contributed by atoms with Gasteiger partial charge in [0.15, 0.2) is 0 Å². The first-order valence-electron chi connectivity index (χ1n) is 8.91. The van der Waals surface area contributed by atoms with Crippen LogP contribution in [0.3, 0.4) is 0 Å². The van der Waals surface area contributed by atoms with Gasteiger partial charge in [0.1, 0.15) is 5.82 Å². The Bertz CT molecular complexity index is 605. The number of nitrogens with one attached hydrogen (secondary N) is 1. The molecule has 3 saturated carbocycles. The van der Waals surface area contributed by atoms with Crippen LogP contribution >= 0.6 is 12.4 Å². The molecule has 5 heteroatoms. The highest BCUT2D eigenvalue weighted by molar-refractivity contribution is 5.85. The summed E-state index contributed by atoms with van der Waals surface area (Å²) in [5.41, 5.74) is 6.90. The van der Waals surface area contributed by atoms with Crippen LogP contribution in [0, 0.1) is 23.6 Å². The molecule has 24 heavy (non-hydrogen) atoms. The van der Waals surface area contributed by atoms with Crippen LogP contribution in [0.5, 0.6) is 0 Å². The molecule has 132 valence electrons. The smallest absolute Gasteiger partial charge is 0.223 e. The van der Waals surface area contributed by atoms with Gasteiger partial charge in [0.25, 0.3) is 0 Å². The van der Waals surface area contributed by atoms with Crippen LogP contribution in [0.15, 0.2) is 24.3 Å². The van der Waals surface area contributed by atoms with Crippen molar-refractivity contribution in [2.45, 2.75) is 56.5 Å². The lowest BCUT2D eigenvalue weighted by atomic mass is 9.65. The molecule has 0 heterocycles. The van der Waals surface area contributed by atoms with Crippen molar-refractivity contribution >= 4 is 18.3 Å². The van der Waals surface area contributed by atoms with E-state index in [1.54, 1.807) is 12.1 Å². The molecule has 3 fully saturated rings. The van der Waals surface area contributed by atoms with Gasteiger partial charge in [-0.15, -0.1) is 12.4 Å². The van der Waals surface area contributed by atoms with Crippen molar-refractivity contribution in [3.63, 3.8) is 0 Å². The maximum atomic E-state index is 13.5. The number of benzene rings is 1. The summed E-state index contributed by atoms with van der Waals surface area (Å²) in [6.07, 6.45) is 7.23. The van der Waals surface area contributed by atoms with Crippen molar-refractivity contribution in [3.8, 4) is 0 Å². The molecule has 0 aromatic heterocycles. The van der Waals surface area contributed by atoms with Crippen LogP contribution in [0.2, 0.25) is 0 Å². The van der Waals surface area contributed by atoms with Crippen LogP contribution in [0.1, 0.15) is 50.5 Å². The summed E-state index contributed by atoms with van der Waals surface area (Å²) in [7, 11) is 0. The zero-order chi connectivity index (χ0) is 16.0. The maximum Gasteiger partial charge on any atom is 0.223 e. The van der Waals surface area contributed by atoms with Gasteiger partial charge in [0, 0.05) is 12.0 Å². The fourth-order valence-electron chi connectivity index (χ4n) is 4.74. The van der Waals surface area contributed by atoms with E-state index in [9.17, 15) is 9.18 Å². The zero-order valence-electron chi connectivity index (χ0n) is 13.8. The SMILES string of the molecule is Cl.NC1C2CCCC1CC(C(=O)NC1(c3cccc(F)c3)CC1)C2. The van der Waals surface area contributed by atoms with Crippen LogP contribution in [-0.2, 0) is 10.3 Å². The van der Waals surface area contributed by atoms with Gasteiger partial charge in [-0.2, -0.15) is 0 Å². The molecule has 0 radical (unpaired) electrons. The van der Waals surface area contributed by atoms with Crippen LogP contribution in [-0.4, -0.2) is 11.9 Å². The van der Waals surface area contributed by atoms with Crippen molar-refractivity contribution in [2.75, 3.05) is 0 Å². The molecule has 3 N–H and O–H groups in total. The quantitative estimate of drug-likeness (QED) is 0.874. The molecule has 1 aromatic carbocycles. The minimum Gasteiger partial charge on any atom is -0.346 e. The minimum absolute atomic E-state index is 0. The molecule has 1 aromatic rings. The Labute approximate surface area is 149 Å². The molecule has 3 aliphatic rings. The number of amides is 1. The highest BCUT2D eigenvalue weighted by atomic mass is 35.5. The molecule has 4 rings (SSSR count). The average molecular weight is 353 g/mol. The fourth-order valence-corrected chi connectivity index (χ4v) is 4.74. The molecule has 3 aliphatic carbocycles. The number of rotatable bonds is 3. The molecule has 1 amide bonds. The van der Waals surface area contributed by atoms with Gasteiger partial charge in [0.05, 0.1) is 5.54 Å². The van der Waals surface area contributed by atoms with Gasteiger partial charge in [0.2, 0.25) is 5.91 Å². The van der Waals surface area contributed by atoms with E-state index in [0.717, 1.165) is 44.1 Å². The topological polar surface area (TPSA) is 55.1 Å². The van der Waals surface area contributed by atoms with Crippen LogP contribution in [0.25, 0.3) is 0 Å². The third kappa shape index (κ3) is 3.18. The van der Waals surface area contributed by atoms with E-state index in [1.807, 2.05) is 6.07 Å². The summed E-state index contributed by atoms with van der Waals surface area (Å²) in [6, 6.07) is 6.93. The van der Waals surface area contributed by atoms with Gasteiger partial charge in [-0.25, -0.2) is 4.39 Å². The fraction of sp³-hybridized carbons (Fsp3) is 0.632. The van der Waals surface area contributed by atoms with Crippen molar-refractivity contribution < 1.29 is 9.18 Å². The summed E-state index contributed by atoms with van der Waals surface area (Å²) in [6.45, 7) is 0. The Morgan fingerprint density at radius 3 is 2.46 bits per heavy atom. The summed E-state index contributed by atoms with van der Waals surface area (Å²) in [5.74, 6) is 0.998. The molecule has 0 aliphatic heterocycles. The normalized spacial score (nSPS) is 33.2. The summed E-state index contributed by atoms with van der Waals surface area (Å²) < 4.78 is 13.5. The Hall–Kier alpha value is -1.13. The Morgan fingerprint density at radius 2 is 1.88 bits per heavy atom. The lowest BCUT2D eigenvalue weighted by Crippen LogP contribution is -2.50. The van der Waals surface area contributed by atoms with Gasteiger partial charge in [-0.05, 0) is 68.1 Å². The first kappa shape index (κ1) is 17.7. The molecule has 0 saturated heterocycles. The molecular weight excluding hydrogens is 327 g/mol. The van der Waals surface area contributed by atoms with Gasteiger partial charge >= 0.3 is 0 Å². The summed E-state index contributed by atoms with van der Waals surface area (Å²) >= 11 is 0. The molecule has 2 bridgehead atoms. The Morgan fingerprint density at radius 1 is 1.21 bits per heavy atom. The van der Waals surface area contributed by atoms with Crippen molar-refractivity contribution in [1.82, 2.24) is 5.32 Å². The molecule has 3 nitrogen and oxygen atoms in total. The van der Waals surface area contributed by atoms with E-state index in [1.165, 1.54) is 12.5 Å². The van der Waals surface area contributed by atoms with E-state index in [-0.39, 0.29) is 41.6 Å². The number of fused-ring (bicyclic) bond motifs is 2. The third-order valence-electron chi connectivity index (χ3n) is 6.27. The van der Waals surface area contributed by atoms with E-state index in [4.69, 9.17) is 5.73 Å². The largest absolute Gasteiger partial charge is 0.346 e. The minimum atomic E-state index is -0.326. The third-order valence-corrected chi connectivity index (χ3v) is 6.27. The second kappa shape index (κ2) is 6.64. The number of carbonyl (C=O) groups excluding carboxylic acids is 1. The van der Waals surface area contributed by atoms with Crippen molar-refractivity contribution in [2.24, 2.45) is 23.5 Å².